The molecule has 108 valence electrons. The normalized spacial score (nSPS) is 11.2. The standard InChI is InChI=1S/C15H15N3O3/c1-8-4-11-13(5-9(8)2)18(7-14(19)20)15(16-11)12-6-10(3)21-17-12/h4-6H,7H2,1-3H3,(H,19,20). The number of imidazole rings is 1. The van der Waals surface area contributed by atoms with E-state index >= 15 is 0 Å². The van der Waals surface area contributed by atoms with E-state index in [2.05, 4.69) is 10.1 Å². The molecule has 0 spiro atoms. The highest BCUT2D eigenvalue weighted by Crippen LogP contribution is 2.26. The van der Waals surface area contributed by atoms with Gasteiger partial charge in [0.25, 0.3) is 0 Å². The Kier molecular flexibility index (Phi) is 3.01. The van der Waals surface area contributed by atoms with Crippen LogP contribution in [0.5, 0.6) is 0 Å². The molecule has 6 heteroatoms. The largest absolute Gasteiger partial charge is 0.480 e. The highest BCUT2D eigenvalue weighted by atomic mass is 16.5. The zero-order valence-corrected chi connectivity index (χ0v) is 12.0. The molecule has 0 fully saturated rings. The van der Waals surface area contributed by atoms with Gasteiger partial charge in [0.1, 0.15) is 18.0 Å². The van der Waals surface area contributed by atoms with E-state index in [1.165, 1.54) is 0 Å². The van der Waals surface area contributed by atoms with Crippen LogP contribution in [0, 0.1) is 20.8 Å². The van der Waals surface area contributed by atoms with Crippen LogP contribution in [0.4, 0.5) is 0 Å². The maximum absolute atomic E-state index is 11.2. The van der Waals surface area contributed by atoms with Crippen molar-refractivity contribution in [3.63, 3.8) is 0 Å². The van der Waals surface area contributed by atoms with E-state index in [-0.39, 0.29) is 6.54 Å². The number of hydrogen-bond donors (Lipinski definition) is 1. The third-order valence-electron chi connectivity index (χ3n) is 3.51. The van der Waals surface area contributed by atoms with Gasteiger partial charge >= 0.3 is 5.97 Å². The minimum absolute atomic E-state index is 0.166. The highest BCUT2D eigenvalue weighted by Gasteiger charge is 2.18. The Morgan fingerprint density at radius 3 is 2.57 bits per heavy atom. The Labute approximate surface area is 121 Å². The summed E-state index contributed by atoms with van der Waals surface area (Å²) in [6, 6.07) is 5.66. The Balaban J connectivity index is 2.29. The van der Waals surface area contributed by atoms with E-state index in [0.29, 0.717) is 17.3 Å². The van der Waals surface area contributed by atoms with Crippen molar-refractivity contribution < 1.29 is 14.4 Å². The van der Waals surface area contributed by atoms with Crippen molar-refractivity contribution in [1.29, 1.82) is 0 Å². The summed E-state index contributed by atoms with van der Waals surface area (Å²) in [5.74, 6) is 0.245. The van der Waals surface area contributed by atoms with E-state index in [1.807, 2.05) is 26.0 Å². The lowest BCUT2D eigenvalue weighted by Crippen LogP contribution is -2.10. The summed E-state index contributed by atoms with van der Waals surface area (Å²) < 4.78 is 6.73. The van der Waals surface area contributed by atoms with Gasteiger partial charge < -0.3 is 14.2 Å². The van der Waals surface area contributed by atoms with Crippen molar-refractivity contribution in [3.8, 4) is 11.5 Å². The van der Waals surface area contributed by atoms with Crippen LogP contribution in [-0.2, 0) is 11.3 Å². The fourth-order valence-electron chi connectivity index (χ4n) is 2.34. The van der Waals surface area contributed by atoms with Gasteiger partial charge in [-0.3, -0.25) is 4.79 Å². The fourth-order valence-corrected chi connectivity index (χ4v) is 2.34. The first-order valence-corrected chi connectivity index (χ1v) is 6.58. The predicted molar refractivity (Wildman–Crippen MR) is 77.1 cm³/mol. The van der Waals surface area contributed by atoms with Crippen molar-refractivity contribution in [3.05, 3.63) is 35.1 Å². The third-order valence-corrected chi connectivity index (χ3v) is 3.51. The monoisotopic (exact) mass is 285 g/mol. The molecule has 0 bridgehead atoms. The second kappa shape index (κ2) is 4.73. The Hall–Kier alpha value is -2.63. The Morgan fingerprint density at radius 1 is 1.24 bits per heavy atom. The number of fused-ring (bicyclic) bond motifs is 1. The first kappa shape index (κ1) is 13.4. The molecule has 2 aromatic heterocycles. The molecule has 3 aromatic rings. The predicted octanol–water partition coefficient (Wildman–Crippen LogP) is 2.70. The molecular weight excluding hydrogens is 270 g/mol. The molecule has 6 nitrogen and oxygen atoms in total. The summed E-state index contributed by atoms with van der Waals surface area (Å²) in [5, 5.41) is 13.1. The van der Waals surface area contributed by atoms with Gasteiger partial charge in [0.05, 0.1) is 11.0 Å². The number of aromatic nitrogens is 3. The Morgan fingerprint density at radius 2 is 1.95 bits per heavy atom. The van der Waals surface area contributed by atoms with Crippen LogP contribution in [-0.4, -0.2) is 25.8 Å². The smallest absolute Gasteiger partial charge is 0.323 e. The number of rotatable bonds is 3. The molecule has 0 aliphatic rings. The second-order valence-corrected chi connectivity index (χ2v) is 5.16. The molecule has 0 saturated carbocycles. The van der Waals surface area contributed by atoms with Crippen LogP contribution < -0.4 is 0 Å². The summed E-state index contributed by atoms with van der Waals surface area (Å²) in [5.41, 5.74) is 4.30. The van der Waals surface area contributed by atoms with Gasteiger partial charge in [0.15, 0.2) is 5.82 Å². The average Bonchev–Trinajstić information content (AvgIpc) is 2.95. The highest BCUT2D eigenvalue weighted by molar-refractivity contribution is 5.83. The van der Waals surface area contributed by atoms with E-state index in [0.717, 1.165) is 22.2 Å². The van der Waals surface area contributed by atoms with Crippen LogP contribution in [0.15, 0.2) is 22.7 Å². The number of carbonyl (C=O) groups is 1. The summed E-state index contributed by atoms with van der Waals surface area (Å²) in [7, 11) is 0. The topological polar surface area (TPSA) is 81.2 Å². The number of nitrogens with zero attached hydrogens (tertiary/aromatic N) is 3. The van der Waals surface area contributed by atoms with Crippen molar-refractivity contribution in [2.75, 3.05) is 0 Å². The molecule has 1 N–H and O–H groups in total. The van der Waals surface area contributed by atoms with Crippen molar-refractivity contribution in [2.24, 2.45) is 0 Å². The SMILES string of the molecule is Cc1cc(-c2nc3cc(C)c(C)cc3n2CC(=O)O)no1. The number of aliphatic carboxylic acids is 1. The van der Waals surface area contributed by atoms with Crippen molar-refractivity contribution >= 4 is 17.0 Å². The van der Waals surface area contributed by atoms with E-state index in [1.54, 1.807) is 17.6 Å². The molecule has 3 rings (SSSR count). The van der Waals surface area contributed by atoms with Crippen LogP contribution in [0.1, 0.15) is 16.9 Å². The molecule has 1 aromatic carbocycles. The molecular formula is C15H15N3O3. The molecule has 0 atom stereocenters. The summed E-state index contributed by atoms with van der Waals surface area (Å²) in [6.45, 7) is 5.62. The van der Waals surface area contributed by atoms with E-state index in [4.69, 9.17) is 9.63 Å². The van der Waals surface area contributed by atoms with Crippen LogP contribution in [0.25, 0.3) is 22.6 Å². The van der Waals surface area contributed by atoms with Gasteiger partial charge in [-0.1, -0.05) is 5.16 Å². The Bertz CT molecular complexity index is 845. The molecule has 0 amide bonds. The molecule has 2 heterocycles. The molecule has 0 unspecified atom stereocenters. The van der Waals surface area contributed by atoms with Gasteiger partial charge in [0, 0.05) is 6.07 Å². The van der Waals surface area contributed by atoms with Gasteiger partial charge in [-0.25, -0.2) is 4.98 Å². The first-order valence-electron chi connectivity index (χ1n) is 6.58. The van der Waals surface area contributed by atoms with E-state index < -0.39 is 5.97 Å². The quantitative estimate of drug-likeness (QED) is 0.800. The van der Waals surface area contributed by atoms with Crippen LogP contribution in [0.3, 0.4) is 0 Å². The number of carboxylic acid groups (broad SMARTS) is 1. The first-order chi connectivity index (χ1) is 9.95. The summed E-state index contributed by atoms with van der Waals surface area (Å²) in [6.07, 6.45) is 0. The molecule has 0 aliphatic carbocycles. The summed E-state index contributed by atoms with van der Waals surface area (Å²) in [4.78, 5) is 15.7. The minimum Gasteiger partial charge on any atom is -0.480 e. The van der Waals surface area contributed by atoms with E-state index in [9.17, 15) is 4.79 Å². The van der Waals surface area contributed by atoms with Gasteiger partial charge in [-0.15, -0.1) is 0 Å². The van der Waals surface area contributed by atoms with Gasteiger partial charge in [-0.05, 0) is 44.0 Å². The zero-order valence-electron chi connectivity index (χ0n) is 12.0. The fraction of sp³-hybridized carbons (Fsp3) is 0.267. The number of carboxylic acids is 1. The molecule has 0 aliphatic heterocycles. The molecule has 21 heavy (non-hydrogen) atoms. The lowest BCUT2D eigenvalue weighted by atomic mass is 10.1. The van der Waals surface area contributed by atoms with Gasteiger partial charge in [0.2, 0.25) is 0 Å². The zero-order chi connectivity index (χ0) is 15.1. The number of hydrogen-bond acceptors (Lipinski definition) is 4. The van der Waals surface area contributed by atoms with Crippen molar-refractivity contribution in [2.45, 2.75) is 27.3 Å². The average molecular weight is 285 g/mol. The second-order valence-electron chi connectivity index (χ2n) is 5.16. The van der Waals surface area contributed by atoms with Gasteiger partial charge in [-0.2, -0.15) is 0 Å². The number of aryl methyl sites for hydroxylation is 3. The third kappa shape index (κ3) is 2.29. The van der Waals surface area contributed by atoms with Crippen LogP contribution >= 0.6 is 0 Å². The number of benzene rings is 1. The summed E-state index contributed by atoms with van der Waals surface area (Å²) >= 11 is 0. The van der Waals surface area contributed by atoms with Crippen molar-refractivity contribution in [1.82, 2.24) is 14.7 Å². The molecule has 0 saturated heterocycles. The lowest BCUT2D eigenvalue weighted by molar-refractivity contribution is -0.137. The molecule has 0 radical (unpaired) electrons. The maximum Gasteiger partial charge on any atom is 0.323 e. The minimum atomic E-state index is -0.922. The maximum atomic E-state index is 11.2. The lowest BCUT2D eigenvalue weighted by Gasteiger charge is -2.05. The van der Waals surface area contributed by atoms with Crippen LogP contribution in [0.2, 0.25) is 0 Å².